The lowest BCUT2D eigenvalue weighted by molar-refractivity contribution is -0.117. The largest absolute Gasteiger partial charge is 0.340 e. The van der Waals surface area contributed by atoms with Crippen molar-refractivity contribution in [2.24, 2.45) is 0 Å². The lowest BCUT2D eigenvalue weighted by Gasteiger charge is -2.33. The third kappa shape index (κ3) is 4.66. The number of nitrogens with one attached hydrogen (secondary N) is 1. The number of sulfonamides is 1. The van der Waals surface area contributed by atoms with Crippen molar-refractivity contribution in [1.82, 2.24) is 5.32 Å². The maximum absolute atomic E-state index is 14.1. The minimum absolute atomic E-state index is 0.163. The number of amides is 1. The van der Waals surface area contributed by atoms with Crippen LogP contribution < -0.4 is 9.62 Å². The number of halogens is 1. The quantitative estimate of drug-likeness (QED) is 0.325. The van der Waals surface area contributed by atoms with Crippen LogP contribution in [0.2, 0.25) is 5.02 Å². The van der Waals surface area contributed by atoms with E-state index in [4.69, 9.17) is 11.6 Å². The zero-order chi connectivity index (χ0) is 26.0. The number of carbonyl (C=O) groups excluding carboxylic acids is 1. The Bertz CT molecular complexity index is 1530. The molecule has 0 aliphatic carbocycles. The molecular formula is C30H25ClN2O3S. The van der Waals surface area contributed by atoms with E-state index in [1.54, 1.807) is 37.3 Å². The molecule has 0 bridgehead atoms. The van der Waals surface area contributed by atoms with Crippen molar-refractivity contribution in [1.29, 1.82) is 0 Å². The molecule has 7 heteroatoms. The summed E-state index contributed by atoms with van der Waals surface area (Å²) < 4.78 is 29.4. The normalized spacial score (nSPS) is 14.4. The molecule has 4 aromatic carbocycles. The summed E-state index contributed by atoms with van der Waals surface area (Å²) in [6.45, 7) is 1.91. The van der Waals surface area contributed by atoms with Crippen LogP contribution in [-0.4, -0.2) is 20.9 Å². The molecule has 0 saturated heterocycles. The number of anilines is 1. The van der Waals surface area contributed by atoms with Gasteiger partial charge in [-0.05, 0) is 41.8 Å². The molecule has 5 rings (SSSR count). The van der Waals surface area contributed by atoms with Gasteiger partial charge in [-0.1, -0.05) is 103 Å². The van der Waals surface area contributed by atoms with Gasteiger partial charge in [0, 0.05) is 22.7 Å². The molecule has 0 unspecified atom stereocenters. The molecular weight excluding hydrogens is 504 g/mol. The fraction of sp³-hybridized carbons (Fsp3) is 0.100. The number of fused-ring (bicyclic) bond motifs is 1. The highest BCUT2D eigenvalue weighted by Crippen LogP contribution is 2.44. The molecule has 0 aromatic heterocycles. The Balaban J connectivity index is 1.74. The smallest absolute Gasteiger partial charge is 0.270 e. The van der Waals surface area contributed by atoms with Gasteiger partial charge in [0.2, 0.25) is 0 Å². The van der Waals surface area contributed by atoms with Crippen molar-refractivity contribution in [3.8, 4) is 0 Å². The molecule has 1 heterocycles. The summed E-state index contributed by atoms with van der Waals surface area (Å²) in [5, 5.41) is 3.48. The average molecular weight is 529 g/mol. The third-order valence-corrected chi connectivity index (χ3v) is 8.54. The standard InChI is InChI=1S/C30H25ClN2O3S/c1-2-33-26-19-18-24(31)20-25(26)27(21-12-6-3-7-13-21)29(37(33,35)36)30(34)32-28(22-14-8-4-9-15-22)23-16-10-5-11-17-23/h3-20,28H,2H2,1H3,(H,32,34). The highest BCUT2D eigenvalue weighted by Gasteiger charge is 2.41. The topological polar surface area (TPSA) is 66.5 Å². The summed E-state index contributed by atoms with van der Waals surface area (Å²) in [6, 6.07) is 32.6. The van der Waals surface area contributed by atoms with E-state index < -0.39 is 22.0 Å². The van der Waals surface area contributed by atoms with Crippen molar-refractivity contribution in [2.75, 3.05) is 10.8 Å². The van der Waals surface area contributed by atoms with Crippen LogP contribution in [0.15, 0.2) is 114 Å². The third-order valence-electron chi connectivity index (χ3n) is 6.37. The van der Waals surface area contributed by atoms with Gasteiger partial charge in [-0.2, -0.15) is 0 Å². The minimum Gasteiger partial charge on any atom is -0.340 e. The average Bonchev–Trinajstić information content (AvgIpc) is 2.92. The van der Waals surface area contributed by atoms with Crippen molar-refractivity contribution < 1.29 is 13.2 Å². The minimum atomic E-state index is -4.19. The van der Waals surface area contributed by atoms with E-state index in [1.807, 2.05) is 78.9 Å². The Morgan fingerprint density at radius 2 is 1.38 bits per heavy atom. The van der Waals surface area contributed by atoms with Crippen LogP contribution in [0.5, 0.6) is 0 Å². The maximum atomic E-state index is 14.1. The molecule has 0 fully saturated rings. The molecule has 186 valence electrons. The Morgan fingerprint density at radius 3 is 1.92 bits per heavy atom. The fourth-order valence-electron chi connectivity index (χ4n) is 4.73. The van der Waals surface area contributed by atoms with Crippen molar-refractivity contribution >= 4 is 38.8 Å². The number of nitrogens with zero attached hydrogens (tertiary/aromatic N) is 1. The zero-order valence-corrected chi connectivity index (χ0v) is 21.7. The van der Waals surface area contributed by atoms with Gasteiger partial charge < -0.3 is 5.32 Å². The van der Waals surface area contributed by atoms with Gasteiger partial charge in [0.1, 0.15) is 0 Å². The summed E-state index contributed by atoms with van der Waals surface area (Å²) in [7, 11) is -4.19. The second-order valence-electron chi connectivity index (χ2n) is 8.63. The second kappa shape index (κ2) is 10.2. The molecule has 1 aliphatic rings. The number of hydrogen-bond donors (Lipinski definition) is 1. The van der Waals surface area contributed by atoms with E-state index in [-0.39, 0.29) is 11.4 Å². The van der Waals surface area contributed by atoms with E-state index in [2.05, 4.69) is 5.32 Å². The molecule has 5 nitrogen and oxygen atoms in total. The van der Waals surface area contributed by atoms with Crippen molar-refractivity contribution in [3.05, 3.63) is 141 Å². The molecule has 0 saturated carbocycles. The number of benzene rings is 4. The first-order valence-corrected chi connectivity index (χ1v) is 13.8. The number of rotatable bonds is 6. The second-order valence-corrected chi connectivity index (χ2v) is 10.9. The van der Waals surface area contributed by atoms with E-state index in [0.717, 1.165) is 11.1 Å². The Kier molecular flexibility index (Phi) is 6.87. The van der Waals surface area contributed by atoms with E-state index in [9.17, 15) is 13.2 Å². The zero-order valence-electron chi connectivity index (χ0n) is 20.1. The predicted molar refractivity (Wildman–Crippen MR) is 149 cm³/mol. The van der Waals surface area contributed by atoms with Crippen molar-refractivity contribution in [3.63, 3.8) is 0 Å². The Hall–Kier alpha value is -3.87. The summed E-state index contributed by atoms with van der Waals surface area (Å²) in [5.74, 6) is -0.680. The summed E-state index contributed by atoms with van der Waals surface area (Å²) in [4.78, 5) is 13.8. The van der Waals surface area contributed by atoms with Gasteiger partial charge in [0.15, 0.2) is 4.91 Å². The first kappa shape index (κ1) is 24.8. The van der Waals surface area contributed by atoms with Crippen LogP contribution in [-0.2, 0) is 14.8 Å². The van der Waals surface area contributed by atoms with Crippen LogP contribution in [0.25, 0.3) is 5.57 Å². The molecule has 1 aliphatic heterocycles. The first-order valence-electron chi connectivity index (χ1n) is 11.9. The van der Waals surface area contributed by atoms with Crippen LogP contribution in [0, 0.1) is 0 Å². The van der Waals surface area contributed by atoms with Gasteiger partial charge in [-0.25, -0.2) is 8.42 Å². The van der Waals surface area contributed by atoms with E-state index in [0.29, 0.717) is 27.4 Å². The molecule has 0 radical (unpaired) electrons. The van der Waals surface area contributed by atoms with Gasteiger partial charge in [-0.3, -0.25) is 9.10 Å². The monoisotopic (exact) mass is 528 g/mol. The van der Waals surface area contributed by atoms with Crippen molar-refractivity contribution in [2.45, 2.75) is 13.0 Å². The molecule has 1 N–H and O–H groups in total. The number of hydrogen-bond acceptors (Lipinski definition) is 3. The Labute approximate surface area is 222 Å². The van der Waals surface area contributed by atoms with Gasteiger partial charge in [0.05, 0.1) is 11.7 Å². The SMILES string of the molecule is CCN1c2ccc(Cl)cc2C(c2ccccc2)=C(C(=O)NC(c2ccccc2)c2ccccc2)S1(=O)=O. The van der Waals surface area contributed by atoms with E-state index in [1.165, 1.54) is 4.31 Å². The van der Waals surface area contributed by atoms with Crippen LogP contribution in [0.4, 0.5) is 5.69 Å². The lowest BCUT2D eigenvalue weighted by Crippen LogP contribution is -2.42. The highest BCUT2D eigenvalue weighted by molar-refractivity contribution is 7.97. The maximum Gasteiger partial charge on any atom is 0.270 e. The predicted octanol–water partition coefficient (Wildman–Crippen LogP) is 6.17. The summed E-state index contributed by atoms with van der Waals surface area (Å²) in [6.07, 6.45) is 0. The lowest BCUT2D eigenvalue weighted by atomic mass is 9.94. The summed E-state index contributed by atoms with van der Waals surface area (Å²) in [5.41, 5.74) is 3.72. The molecule has 0 atom stereocenters. The fourth-order valence-corrected chi connectivity index (χ4v) is 6.66. The van der Waals surface area contributed by atoms with Crippen LogP contribution >= 0.6 is 11.6 Å². The Morgan fingerprint density at radius 1 is 0.838 bits per heavy atom. The van der Waals surface area contributed by atoms with Gasteiger partial charge >= 0.3 is 0 Å². The molecule has 0 spiro atoms. The summed E-state index contributed by atoms with van der Waals surface area (Å²) >= 11 is 6.37. The van der Waals surface area contributed by atoms with Crippen LogP contribution in [0.3, 0.4) is 0 Å². The van der Waals surface area contributed by atoms with Gasteiger partial charge in [0.25, 0.3) is 15.9 Å². The molecule has 1 amide bonds. The number of carbonyl (C=O) groups is 1. The first-order chi connectivity index (χ1) is 17.9. The van der Waals surface area contributed by atoms with Crippen LogP contribution in [0.1, 0.15) is 35.2 Å². The molecule has 4 aromatic rings. The van der Waals surface area contributed by atoms with E-state index >= 15 is 0 Å². The molecule has 37 heavy (non-hydrogen) atoms. The highest BCUT2D eigenvalue weighted by atomic mass is 35.5. The van der Waals surface area contributed by atoms with Gasteiger partial charge in [-0.15, -0.1) is 0 Å².